The fraction of sp³-hybridized carbons (Fsp3) is 0.864. The zero-order chi connectivity index (χ0) is 16.5. The van der Waals surface area contributed by atoms with E-state index in [-0.39, 0.29) is 45.6 Å². The zero-order valence-electron chi connectivity index (χ0n) is 16.5. The van der Waals surface area contributed by atoms with Crippen molar-refractivity contribution in [1.29, 1.82) is 0 Å². The molecular weight excluding hydrogens is 385 g/mol. The van der Waals surface area contributed by atoms with Crippen molar-refractivity contribution >= 4 is 5.78 Å². The summed E-state index contributed by atoms with van der Waals surface area (Å²) in [6, 6.07) is 0. The first-order chi connectivity index (χ1) is 10.8. The molecule has 1 N–H and O–H groups in total. The Bertz CT molecular complexity index is 520. The van der Waals surface area contributed by atoms with Crippen LogP contribution in [0.25, 0.3) is 0 Å². The maximum Gasteiger partial charge on any atom is 0.139 e. The van der Waals surface area contributed by atoms with Crippen molar-refractivity contribution in [2.24, 2.45) is 34.5 Å². The predicted molar refractivity (Wildman–Crippen MR) is 98.1 cm³/mol. The average molecular weight is 421 g/mol. The van der Waals surface area contributed by atoms with E-state index in [4.69, 9.17) is 0 Å². The van der Waals surface area contributed by atoms with E-state index in [0.29, 0.717) is 29.5 Å². The van der Waals surface area contributed by atoms with Crippen LogP contribution in [0, 0.1) is 48.9 Å². The Morgan fingerprint density at radius 2 is 1.80 bits per heavy atom. The first kappa shape index (κ1) is 22.0. The van der Waals surface area contributed by atoms with E-state index in [1.165, 1.54) is 19.3 Å². The fourth-order valence-electron chi connectivity index (χ4n) is 7.32. The molecule has 0 heterocycles. The Morgan fingerprint density at radius 3 is 2.48 bits per heavy atom. The third kappa shape index (κ3) is 3.15. The molecule has 4 aliphatic rings. The van der Waals surface area contributed by atoms with E-state index < -0.39 is 5.60 Å². The van der Waals surface area contributed by atoms with Gasteiger partial charge in [-0.1, -0.05) is 13.8 Å². The molecule has 4 saturated carbocycles. The number of Topliss-reactive ketones (excluding diaryl/α,β-unsaturated/α-hetero) is 1. The van der Waals surface area contributed by atoms with Crippen molar-refractivity contribution in [3.05, 3.63) is 14.4 Å². The molecule has 0 aliphatic heterocycles. The minimum absolute atomic E-state index is 0. The molecular formula is C22H36O2Y-2. The number of carbonyl (C=O) groups excluding carboxylic acids is 1. The molecule has 0 unspecified atom stereocenters. The number of fused-ring (bicyclic) bond motifs is 5. The Balaban J connectivity index is 0.00000113. The standard InChI is InChI=1S/C21H33O2.CH3.Y/c1-4-21(23)12-11-19(2)14(13-21)5-6-15-16-7-8-18(22)20(16,3)10-9-17(15)19;;/h14-17,23H,1,4-13H2,2-3H3;1H3;/q2*-1;/t14-,15-,16-,17-,19-,20-,21+;;/m0../s1. The Labute approximate surface area is 180 Å². The maximum atomic E-state index is 12.5. The molecule has 4 rings (SSSR count). The van der Waals surface area contributed by atoms with Gasteiger partial charge in [-0.15, -0.1) is 0 Å². The molecule has 0 aromatic rings. The van der Waals surface area contributed by atoms with Crippen LogP contribution >= 0.6 is 0 Å². The van der Waals surface area contributed by atoms with E-state index in [9.17, 15) is 9.90 Å². The Kier molecular flexibility index (Phi) is 6.42. The van der Waals surface area contributed by atoms with Gasteiger partial charge in [0.1, 0.15) is 5.78 Å². The summed E-state index contributed by atoms with van der Waals surface area (Å²) >= 11 is 0. The molecule has 7 atom stereocenters. The molecule has 4 aliphatic carbocycles. The van der Waals surface area contributed by atoms with E-state index >= 15 is 0 Å². The largest absolute Gasteiger partial charge is 0.393 e. The fourth-order valence-corrected chi connectivity index (χ4v) is 7.32. The van der Waals surface area contributed by atoms with Crippen molar-refractivity contribution in [3.63, 3.8) is 0 Å². The van der Waals surface area contributed by atoms with E-state index in [1.807, 2.05) is 0 Å². The van der Waals surface area contributed by atoms with Crippen molar-refractivity contribution < 1.29 is 42.6 Å². The summed E-state index contributed by atoms with van der Waals surface area (Å²) in [6.45, 7) is 8.77. The van der Waals surface area contributed by atoms with Gasteiger partial charge in [0.15, 0.2) is 0 Å². The van der Waals surface area contributed by atoms with Crippen molar-refractivity contribution in [2.45, 2.75) is 83.7 Å². The molecule has 4 fully saturated rings. The number of hydrogen-bond donors (Lipinski definition) is 1. The molecule has 0 aromatic carbocycles. The van der Waals surface area contributed by atoms with Gasteiger partial charge in [0, 0.05) is 50.1 Å². The molecule has 0 bridgehead atoms. The second-order valence-electron chi connectivity index (χ2n) is 9.75. The molecule has 1 radical (unpaired) electrons. The topological polar surface area (TPSA) is 37.3 Å². The van der Waals surface area contributed by atoms with Crippen LogP contribution in [0.3, 0.4) is 0 Å². The zero-order valence-corrected chi connectivity index (χ0v) is 19.4. The van der Waals surface area contributed by atoms with Crippen LogP contribution in [0.2, 0.25) is 0 Å². The van der Waals surface area contributed by atoms with Crippen molar-refractivity contribution in [3.8, 4) is 0 Å². The van der Waals surface area contributed by atoms with Gasteiger partial charge in [0.25, 0.3) is 0 Å². The van der Waals surface area contributed by atoms with E-state index in [2.05, 4.69) is 20.8 Å². The minimum atomic E-state index is -0.510. The van der Waals surface area contributed by atoms with Gasteiger partial charge >= 0.3 is 0 Å². The predicted octanol–water partition coefficient (Wildman–Crippen LogP) is 5.00. The summed E-state index contributed by atoms with van der Waals surface area (Å²) in [5.74, 6) is 3.38. The number of aliphatic hydroxyl groups is 1. The smallest absolute Gasteiger partial charge is 0.139 e. The average Bonchev–Trinajstić information content (AvgIpc) is 2.84. The van der Waals surface area contributed by atoms with Gasteiger partial charge in [0.2, 0.25) is 0 Å². The maximum absolute atomic E-state index is 12.5. The number of ketones is 1. The summed E-state index contributed by atoms with van der Waals surface area (Å²) in [4.78, 5) is 12.5. The van der Waals surface area contributed by atoms with Gasteiger partial charge < -0.3 is 19.5 Å². The van der Waals surface area contributed by atoms with E-state index in [0.717, 1.165) is 50.4 Å². The van der Waals surface area contributed by atoms with Gasteiger partial charge in [0.05, 0.1) is 0 Å². The first-order valence-electron chi connectivity index (χ1n) is 9.87. The van der Waals surface area contributed by atoms with Gasteiger partial charge in [-0.05, 0) is 80.5 Å². The molecule has 0 spiro atoms. The van der Waals surface area contributed by atoms with Crippen LogP contribution in [0.15, 0.2) is 0 Å². The monoisotopic (exact) mass is 421 g/mol. The van der Waals surface area contributed by atoms with Crippen LogP contribution < -0.4 is 0 Å². The quantitative estimate of drug-likeness (QED) is 0.605. The second-order valence-corrected chi connectivity index (χ2v) is 9.75. The van der Waals surface area contributed by atoms with Crippen LogP contribution in [0.1, 0.15) is 78.1 Å². The summed E-state index contributed by atoms with van der Waals surface area (Å²) in [5, 5.41) is 10.7. The van der Waals surface area contributed by atoms with Crippen molar-refractivity contribution in [1.82, 2.24) is 0 Å². The minimum Gasteiger partial charge on any atom is -0.393 e. The SMILES string of the molecule is [CH2-]C[C@@]1(O)CC[C@@]2(C)[C@@H](CC[C@@H]3[C@@H]2CC[C@]2(C)C(=O)CC[C@@H]32)C1.[CH3-].[Y]. The third-order valence-corrected chi connectivity index (χ3v) is 8.99. The van der Waals surface area contributed by atoms with Crippen LogP contribution in [-0.2, 0) is 37.5 Å². The van der Waals surface area contributed by atoms with Crippen molar-refractivity contribution in [2.75, 3.05) is 0 Å². The molecule has 0 amide bonds. The second kappa shape index (κ2) is 7.28. The Morgan fingerprint density at radius 1 is 1.08 bits per heavy atom. The molecule has 0 aromatic heterocycles. The summed E-state index contributed by atoms with van der Waals surface area (Å²) < 4.78 is 0. The van der Waals surface area contributed by atoms with Crippen LogP contribution in [0.4, 0.5) is 0 Å². The molecule has 141 valence electrons. The summed E-state index contributed by atoms with van der Waals surface area (Å²) in [7, 11) is 0. The third-order valence-electron chi connectivity index (χ3n) is 8.99. The Hall–Kier alpha value is 0.734. The summed E-state index contributed by atoms with van der Waals surface area (Å²) in [6.07, 6.45) is 10.5. The molecule has 0 saturated heterocycles. The van der Waals surface area contributed by atoms with E-state index in [1.54, 1.807) is 0 Å². The molecule has 3 heteroatoms. The first-order valence-corrected chi connectivity index (χ1v) is 9.87. The molecule has 25 heavy (non-hydrogen) atoms. The van der Waals surface area contributed by atoms with Gasteiger partial charge in [-0.2, -0.15) is 6.42 Å². The number of hydrogen-bond acceptors (Lipinski definition) is 2. The summed E-state index contributed by atoms with van der Waals surface area (Å²) in [5.41, 5.74) is -0.131. The van der Waals surface area contributed by atoms with Gasteiger partial charge in [-0.3, -0.25) is 4.79 Å². The van der Waals surface area contributed by atoms with Gasteiger partial charge in [-0.25, -0.2) is 0 Å². The number of rotatable bonds is 1. The number of carbonyl (C=O) groups is 1. The van der Waals surface area contributed by atoms with Crippen LogP contribution in [0.5, 0.6) is 0 Å². The normalized spacial score (nSPS) is 51.4. The molecule has 2 nitrogen and oxygen atoms in total. The van der Waals surface area contributed by atoms with Crippen LogP contribution in [-0.4, -0.2) is 16.5 Å².